The third kappa shape index (κ3) is 19.9. The number of methoxy groups -OCH3 is 2. The number of ether oxygens (including phenoxy) is 8. The summed E-state index contributed by atoms with van der Waals surface area (Å²) in [6.07, 6.45) is 2.53. The Morgan fingerprint density at radius 1 is 0.409 bits per heavy atom. The molecule has 0 aliphatic carbocycles. The number of nitrogens with zero attached hydrogens (tertiary/aromatic N) is 4. The van der Waals surface area contributed by atoms with Gasteiger partial charge >= 0.3 is 11.9 Å². The molecule has 0 aliphatic rings. The van der Waals surface area contributed by atoms with Gasteiger partial charge in [0.1, 0.15) is 59.2 Å². The van der Waals surface area contributed by atoms with Crippen LogP contribution in [0.5, 0.6) is 46.0 Å². The van der Waals surface area contributed by atoms with Crippen LogP contribution in [0.4, 0.5) is 22.7 Å². The molecule has 8 aromatic rings. The number of Topliss-reactive ketones (excluding diaryl/α,β-unsaturated/α-hetero) is 2. The molecule has 16 nitrogen and oxygen atoms in total. The number of esters is 2. The van der Waals surface area contributed by atoms with Gasteiger partial charge in [-0.3, -0.25) is 9.59 Å². The summed E-state index contributed by atoms with van der Waals surface area (Å²) >= 11 is 0. The van der Waals surface area contributed by atoms with Gasteiger partial charge in [-0.15, -0.1) is 6.58 Å². The van der Waals surface area contributed by atoms with E-state index in [0.717, 1.165) is 34.0 Å². The number of hydrogen-bond donors (Lipinski definition) is 0. The van der Waals surface area contributed by atoms with Crippen molar-refractivity contribution in [3.8, 4) is 46.0 Å². The van der Waals surface area contributed by atoms with E-state index in [9.17, 15) is 19.2 Å². The second-order valence-corrected chi connectivity index (χ2v) is 22.4. The van der Waals surface area contributed by atoms with E-state index in [0.29, 0.717) is 101 Å². The van der Waals surface area contributed by atoms with Crippen molar-refractivity contribution in [2.45, 2.75) is 72.6 Å². The maximum atomic E-state index is 12.8. The summed E-state index contributed by atoms with van der Waals surface area (Å²) in [5.74, 6) is 4.10. The van der Waals surface area contributed by atoms with E-state index in [1.165, 1.54) is 13.8 Å². The largest absolute Gasteiger partial charge is 0.496 e. The second-order valence-electron chi connectivity index (χ2n) is 22.4. The van der Waals surface area contributed by atoms with Gasteiger partial charge < -0.3 is 37.9 Å². The number of hydrogen-bond acceptors (Lipinski definition) is 16. The molecule has 0 radical (unpaired) electrons. The normalized spacial score (nSPS) is 11.6. The fourth-order valence-corrected chi connectivity index (χ4v) is 8.53. The Balaban J connectivity index is 0.000000252. The summed E-state index contributed by atoms with van der Waals surface area (Å²) in [5.41, 5.74) is 6.64. The van der Waals surface area contributed by atoms with E-state index in [2.05, 4.69) is 68.6 Å². The van der Waals surface area contributed by atoms with Crippen LogP contribution < -0.4 is 37.9 Å². The van der Waals surface area contributed by atoms with Crippen LogP contribution in [0.2, 0.25) is 0 Å². The number of carbonyl (C=O) groups is 4. The molecular formula is C72H74N4O12. The topological polar surface area (TPSA) is 192 Å². The molecule has 0 spiro atoms. The van der Waals surface area contributed by atoms with Gasteiger partial charge in [-0.25, -0.2) is 9.59 Å². The van der Waals surface area contributed by atoms with Crippen molar-refractivity contribution in [2.24, 2.45) is 26.4 Å². The van der Waals surface area contributed by atoms with Gasteiger partial charge in [0, 0.05) is 28.2 Å². The monoisotopic (exact) mass is 1190 g/mol. The molecule has 88 heavy (non-hydrogen) atoms. The van der Waals surface area contributed by atoms with Crippen LogP contribution in [0.3, 0.4) is 0 Å². The van der Waals surface area contributed by atoms with Crippen molar-refractivity contribution in [1.82, 2.24) is 0 Å². The molecule has 0 aromatic heterocycles. The Labute approximate surface area is 514 Å². The number of carbonyl (C=O) groups excluding carboxylic acids is 4. The Bertz CT molecular complexity index is 3680. The smallest absolute Gasteiger partial charge is 0.343 e. The highest BCUT2D eigenvalue weighted by atomic mass is 16.5. The number of ketones is 2. The van der Waals surface area contributed by atoms with Crippen LogP contribution in [0.1, 0.15) is 114 Å². The minimum atomic E-state index is -0.485. The maximum Gasteiger partial charge on any atom is 0.343 e. The highest BCUT2D eigenvalue weighted by Crippen LogP contribution is 2.37. The Hall–Kier alpha value is -10.2. The summed E-state index contributed by atoms with van der Waals surface area (Å²) in [4.78, 5) is 48.2. The first-order valence-corrected chi connectivity index (χ1v) is 28.6. The summed E-state index contributed by atoms with van der Waals surface area (Å²) in [5, 5.41) is 17.4. The van der Waals surface area contributed by atoms with Gasteiger partial charge in [-0.05, 0) is 213 Å². The van der Waals surface area contributed by atoms with Crippen molar-refractivity contribution in [3.05, 3.63) is 228 Å². The lowest BCUT2D eigenvalue weighted by Crippen LogP contribution is -2.19. The number of benzene rings is 8. The van der Waals surface area contributed by atoms with Crippen molar-refractivity contribution in [1.29, 1.82) is 0 Å². The molecule has 0 saturated carbocycles. The Kier molecular flexibility index (Phi) is 23.2. The van der Waals surface area contributed by atoms with Crippen LogP contribution in [-0.2, 0) is 10.8 Å². The lowest BCUT2D eigenvalue weighted by molar-refractivity contribution is 0.0725. The molecule has 0 fully saturated rings. The Morgan fingerprint density at radius 3 is 1.01 bits per heavy atom. The van der Waals surface area contributed by atoms with Crippen LogP contribution in [0, 0.1) is 5.92 Å². The third-order valence-electron chi connectivity index (χ3n) is 13.4. The predicted octanol–water partition coefficient (Wildman–Crippen LogP) is 17.8. The van der Waals surface area contributed by atoms with E-state index in [1.54, 1.807) is 160 Å². The lowest BCUT2D eigenvalue weighted by atomic mass is 9.86. The van der Waals surface area contributed by atoms with Crippen molar-refractivity contribution < 1.29 is 57.1 Å². The molecule has 8 aromatic carbocycles. The molecule has 0 bridgehead atoms. The first-order chi connectivity index (χ1) is 42.2. The number of rotatable bonds is 25. The van der Waals surface area contributed by atoms with Crippen LogP contribution in [0.25, 0.3) is 0 Å². The van der Waals surface area contributed by atoms with Gasteiger partial charge in [-0.2, -0.15) is 20.5 Å². The molecule has 0 amide bonds. The van der Waals surface area contributed by atoms with Crippen LogP contribution >= 0.6 is 0 Å². The van der Waals surface area contributed by atoms with E-state index < -0.39 is 11.9 Å². The van der Waals surface area contributed by atoms with E-state index in [4.69, 9.17) is 37.9 Å². The Morgan fingerprint density at radius 2 is 0.705 bits per heavy atom. The highest BCUT2D eigenvalue weighted by molar-refractivity contribution is 5.95. The van der Waals surface area contributed by atoms with Crippen LogP contribution in [-0.4, -0.2) is 64.2 Å². The molecule has 16 heteroatoms. The average molecular weight is 1190 g/mol. The molecule has 8 rings (SSSR count). The standard InChI is InChI=1S/C38H40N2O6.C34H34N2O6/c1-7-8-27(24-44-32-16-9-28(10-17-32)26(2)41)25-45-33-18-11-29(12-19-33)37(42)46-34-20-13-30(14-21-34)39-40-31-15-22-36(43-6)35(23-31)38(3,4)5;1-23(37)24-6-13-28(14-7-24)40-20-21-41-29-15-8-25(9-16-29)33(38)42-30-17-10-26(11-18-30)35-36-27-12-19-32(39-5)31(22-27)34(2,3)4/h7,9-23,27H,1,8,24-25H2,2-6H3;6-19,22H,20-21H2,1-5H3. The van der Waals surface area contributed by atoms with E-state index in [1.807, 2.05) is 42.5 Å². The molecule has 454 valence electrons. The van der Waals surface area contributed by atoms with Gasteiger partial charge in [0.15, 0.2) is 11.6 Å². The minimum absolute atomic E-state index is 0.00817. The quantitative estimate of drug-likeness (QED) is 0.0132. The van der Waals surface area contributed by atoms with Gasteiger partial charge in [0.05, 0.1) is 61.3 Å². The molecular weight excluding hydrogens is 1110 g/mol. The molecule has 1 unspecified atom stereocenters. The predicted molar refractivity (Wildman–Crippen MR) is 341 cm³/mol. The zero-order valence-corrected chi connectivity index (χ0v) is 51.4. The van der Waals surface area contributed by atoms with Crippen molar-refractivity contribution in [2.75, 3.05) is 40.6 Å². The molecule has 0 aliphatic heterocycles. The number of azo groups is 2. The van der Waals surface area contributed by atoms with Crippen molar-refractivity contribution >= 4 is 46.3 Å². The van der Waals surface area contributed by atoms with E-state index >= 15 is 0 Å². The zero-order chi connectivity index (χ0) is 63.2. The maximum absolute atomic E-state index is 12.8. The number of allylic oxidation sites excluding steroid dienone is 1. The van der Waals surface area contributed by atoms with Gasteiger partial charge in [0.25, 0.3) is 0 Å². The SMILES string of the molecule is C=CCC(COc1ccc(C(C)=O)cc1)COc1ccc(C(=O)Oc2ccc(N=Nc3ccc(OC)c(C(C)(C)C)c3)cc2)cc1.COc1ccc(N=Nc2ccc(OC(=O)c3ccc(OCCOc4ccc(C(C)=O)cc4)cc3)cc2)cc1C(C)(C)C. The summed E-state index contributed by atoms with van der Waals surface area (Å²) < 4.78 is 45.2. The first kappa shape index (κ1) is 65.3. The first-order valence-electron chi connectivity index (χ1n) is 28.6. The average Bonchev–Trinajstić information content (AvgIpc) is 3.41. The van der Waals surface area contributed by atoms with Crippen molar-refractivity contribution in [3.63, 3.8) is 0 Å². The summed E-state index contributed by atoms with van der Waals surface area (Å²) in [6, 6.07) is 52.6. The molecule has 1 atom stereocenters. The minimum Gasteiger partial charge on any atom is -0.496 e. The third-order valence-corrected chi connectivity index (χ3v) is 13.4. The molecule has 0 saturated heterocycles. The second kappa shape index (κ2) is 31.3. The molecule has 0 N–H and O–H groups in total. The van der Waals surface area contributed by atoms with Gasteiger partial charge in [-0.1, -0.05) is 47.6 Å². The molecule has 0 heterocycles. The van der Waals surface area contributed by atoms with Gasteiger partial charge in [0.2, 0.25) is 0 Å². The summed E-state index contributed by atoms with van der Waals surface area (Å²) in [6.45, 7) is 21.1. The fraction of sp³-hybridized carbons (Fsp3) is 0.250. The van der Waals surface area contributed by atoms with E-state index in [-0.39, 0.29) is 28.3 Å². The zero-order valence-electron chi connectivity index (χ0n) is 51.4. The lowest BCUT2D eigenvalue weighted by Gasteiger charge is -2.22. The highest BCUT2D eigenvalue weighted by Gasteiger charge is 2.21. The summed E-state index contributed by atoms with van der Waals surface area (Å²) in [7, 11) is 3.31. The van der Waals surface area contributed by atoms with Crippen LogP contribution in [0.15, 0.2) is 215 Å². The fourth-order valence-electron chi connectivity index (χ4n) is 8.53.